The van der Waals surface area contributed by atoms with Crippen LogP contribution >= 0.6 is 22.9 Å². The lowest BCUT2D eigenvalue weighted by Crippen LogP contribution is -2.11. The van der Waals surface area contributed by atoms with Crippen LogP contribution in [-0.4, -0.2) is 24.5 Å². The lowest BCUT2D eigenvalue weighted by molar-refractivity contribution is 0.0701. The zero-order valence-electron chi connectivity index (χ0n) is 10.1. The summed E-state index contributed by atoms with van der Waals surface area (Å²) >= 11 is 6.37. The van der Waals surface area contributed by atoms with E-state index in [1.807, 2.05) is 0 Å². The largest absolute Gasteiger partial charge is 0.477 e. The SMILES string of the molecule is Cc1cc(S(=O)(=O)Nc2ccnc(Cl)c2)sc1C(=O)O. The summed E-state index contributed by atoms with van der Waals surface area (Å²) in [6.07, 6.45) is 1.36. The van der Waals surface area contributed by atoms with Crippen LogP contribution in [0.25, 0.3) is 0 Å². The fraction of sp³-hybridized carbons (Fsp3) is 0.0909. The molecular weight excluding hydrogens is 324 g/mol. The molecule has 0 aromatic carbocycles. The highest BCUT2D eigenvalue weighted by Gasteiger charge is 2.21. The van der Waals surface area contributed by atoms with Crippen LogP contribution in [0, 0.1) is 6.92 Å². The molecule has 0 atom stereocenters. The summed E-state index contributed by atoms with van der Waals surface area (Å²) < 4.78 is 26.5. The Kier molecular flexibility index (Phi) is 3.98. The number of aromatic nitrogens is 1. The summed E-state index contributed by atoms with van der Waals surface area (Å²) in [4.78, 5) is 14.7. The molecule has 0 spiro atoms. The summed E-state index contributed by atoms with van der Waals surface area (Å²) in [6.45, 7) is 1.54. The highest BCUT2D eigenvalue weighted by Crippen LogP contribution is 2.27. The first-order valence-corrected chi connectivity index (χ1v) is 7.95. The van der Waals surface area contributed by atoms with Crippen molar-refractivity contribution in [2.75, 3.05) is 4.72 Å². The molecule has 0 unspecified atom stereocenters. The number of carboxylic acids is 1. The van der Waals surface area contributed by atoms with E-state index in [1.165, 1.54) is 24.4 Å². The fourth-order valence-electron chi connectivity index (χ4n) is 1.47. The summed E-state index contributed by atoms with van der Waals surface area (Å²) in [5.41, 5.74) is 0.656. The maximum atomic E-state index is 12.1. The average Bonchev–Trinajstić information content (AvgIpc) is 2.71. The molecule has 0 fully saturated rings. The molecule has 2 heterocycles. The van der Waals surface area contributed by atoms with Gasteiger partial charge in [-0.1, -0.05) is 11.6 Å². The minimum absolute atomic E-state index is 0.00173. The first kappa shape index (κ1) is 14.8. The third kappa shape index (κ3) is 3.09. The van der Waals surface area contributed by atoms with Gasteiger partial charge in [-0.05, 0) is 30.7 Å². The van der Waals surface area contributed by atoms with Crippen molar-refractivity contribution in [3.8, 4) is 0 Å². The van der Waals surface area contributed by atoms with Crippen molar-refractivity contribution in [1.82, 2.24) is 4.98 Å². The molecule has 9 heteroatoms. The molecule has 0 bridgehead atoms. The van der Waals surface area contributed by atoms with Crippen LogP contribution in [0.3, 0.4) is 0 Å². The van der Waals surface area contributed by atoms with Gasteiger partial charge in [0.2, 0.25) is 0 Å². The lowest BCUT2D eigenvalue weighted by Gasteiger charge is -2.05. The zero-order chi connectivity index (χ0) is 14.9. The third-order valence-corrected chi connectivity index (χ3v) is 5.62. The number of aromatic carboxylic acids is 1. The number of carboxylic acid groups (broad SMARTS) is 1. The van der Waals surface area contributed by atoms with Gasteiger partial charge in [-0.15, -0.1) is 11.3 Å². The van der Waals surface area contributed by atoms with Gasteiger partial charge in [0.1, 0.15) is 14.2 Å². The fourth-order valence-corrected chi connectivity index (χ4v) is 4.07. The van der Waals surface area contributed by atoms with E-state index in [1.54, 1.807) is 6.92 Å². The predicted molar refractivity (Wildman–Crippen MR) is 76.1 cm³/mol. The second-order valence-corrected chi connectivity index (χ2v) is 7.20. The molecule has 0 radical (unpaired) electrons. The van der Waals surface area contributed by atoms with Crippen molar-refractivity contribution >= 4 is 44.6 Å². The van der Waals surface area contributed by atoms with Crippen LogP contribution in [0.15, 0.2) is 28.6 Å². The molecule has 2 aromatic heterocycles. The van der Waals surface area contributed by atoms with Gasteiger partial charge in [-0.3, -0.25) is 4.72 Å². The van der Waals surface area contributed by atoms with Gasteiger partial charge in [-0.25, -0.2) is 18.2 Å². The van der Waals surface area contributed by atoms with E-state index < -0.39 is 16.0 Å². The van der Waals surface area contributed by atoms with Gasteiger partial charge in [0.25, 0.3) is 10.0 Å². The molecule has 6 nitrogen and oxygen atoms in total. The van der Waals surface area contributed by atoms with E-state index >= 15 is 0 Å². The van der Waals surface area contributed by atoms with Crippen LogP contribution in [0.4, 0.5) is 5.69 Å². The second-order valence-electron chi connectivity index (χ2n) is 3.86. The monoisotopic (exact) mass is 332 g/mol. The van der Waals surface area contributed by atoms with Crippen LogP contribution in [0.2, 0.25) is 5.15 Å². The molecule has 106 valence electrons. The molecule has 0 aliphatic heterocycles. The summed E-state index contributed by atoms with van der Waals surface area (Å²) in [5.74, 6) is -1.15. The number of nitrogens with zero attached hydrogens (tertiary/aromatic N) is 1. The number of halogens is 1. The first-order chi connectivity index (χ1) is 9.29. The molecule has 0 saturated heterocycles. The first-order valence-electron chi connectivity index (χ1n) is 5.28. The normalized spacial score (nSPS) is 11.3. The highest BCUT2D eigenvalue weighted by molar-refractivity contribution is 7.94. The minimum atomic E-state index is -3.85. The van der Waals surface area contributed by atoms with Crippen molar-refractivity contribution in [3.63, 3.8) is 0 Å². The Bertz CT molecular complexity index is 770. The smallest absolute Gasteiger partial charge is 0.346 e. The standard InChI is InChI=1S/C11H9ClN2O4S2/c1-6-4-9(19-10(6)11(15)16)20(17,18)14-7-2-3-13-8(12)5-7/h2-5H,1H3,(H,13,14)(H,15,16). The van der Waals surface area contributed by atoms with Crippen LogP contribution in [0.5, 0.6) is 0 Å². The number of thiophene rings is 1. The van der Waals surface area contributed by atoms with E-state index in [-0.39, 0.29) is 19.9 Å². The highest BCUT2D eigenvalue weighted by atomic mass is 35.5. The number of pyridine rings is 1. The topological polar surface area (TPSA) is 96.4 Å². The van der Waals surface area contributed by atoms with E-state index in [2.05, 4.69) is 9.71 Å². The average molecular weight is 333 g/mol. The molecule has 20 heavy (non-hydrogen) atoms. The molecular formula is C11H9ClN2O4S2. The maximum Gasteiger partial charge on any atom is 0.346 e. The maximum absolute atomic E-state index is 12.1. The van der Waals surface area contributed by atoms with Crippen LogP contribution in [0.1, 0.15) is 15.2 Å². The Labute approximate surface area is 124 Å². The Morgan fingerprint density at radius 1 is 1.45 bits per heavy atom. The van der Waals surface area contributed by atoms with E-state index in [4.69, 9.17) is 16.7 Å². The molecule has 0 aliphatic carbocycles. The quantitative estimate of drug-likeness (QED) is 0.839. The number of carbonyl (C=O) groups is 1. The Balaban J connectivity index is 2.36. The molecule has 2 rings (SSSR count). The molecule has 0 amide bonds. The number of sulfonamides is 1. The van der Waals surface area contributed by atoms with Crippen molar-refractivity contribution in [2.45, 2.75) is 11.1 Å². The third-order valence-electron chi connectivity index (χ3n) is 2.33. The summed E-state index contributed by atoms with van der Waals surface area (Å²) in [6, 6.07) is 4.12. The van der Waals surface area contributed by atoms with Gasteiger partial charge in [0.15, 0.2) is 0 Å². The Morgan fingerprint density at radius 3 is 2.70 bits per heavy atom. The predicted octanol–water partition coefficient (Wildman–Crippen LogP) is 2.60. The van der Waals surface area contributed by atoms with Gasteiger partial charge in [0.05, 0.1) is 5.69 Å². The summed E-state index contributed by atoms with van der Waals surface area (Å²) in [7, 11) is -3.85. The number of hydrogen-bond acceptors (Lipinski definition) is 5. The molecule has 0 aliphatic rings. The molecule has 2 aromatic rings. The lowest BCUT2D eigenvalue weighted by atomic mass is 10.3. The van der Waals surface area contributed by atoms with Crippen molar-refractivity contribution in [3.05, 3.63) is 40.0 Å². The zero-order valence-corrected chi connectivity index (χ0v) is 12.5. The van der Waals surface area contributed by atoms with E-state index in [9.17, 15) is 13.2 Å². The summed E-state index contributed by atoms with van der Waals surface area (Å²) in [5, 5.41) is 9.09. The number of nitrogens with one attached hydrogen (secondary N) is 1. The number of aryl methyl sites for hydroxylation is 1. The van der Waals surface area contributed by atoms with Crippen LogP contribution in [-0.2, 0) is 10.0 Å². The van der Waals surface area contributed by atoms with Crippen molar-refractivity contribution in [1.29, 1.82) is 0 Å². The molecule has 0 saturated carbocycles. The number of rotatable bonds is 4. The van der Waals surface area contributed by atoms with E-state index in [0.29, 0.717) is 16.9 Å². The van der Waals surface area contributed by atoms with Crippen molar-refractivity contribution < 1.29 is 18.3 Å². The van der Waals surface area contributed by atoms with Gasteiger partial charge in [0, 0.05) is 6.20 Å². The van der Waals surface area contributed by atoms with Gasteiger partial charge < -0.3 is 5.11 Å². The minimum Gasteiger partial charge on any atom is -0.477 e. The number of anilines is 1. The van der Waals surface area contributed by atoms with E-state index in [0.717, 1.165) is 0 Å². The van der Waals surface area contributed by atoms with Gasteiger partial charge in [-0.2, -0.15) is 0 Å². The van der Waals surface area contributed by atoms with Crippen molar-refractivity contribution in [2.24, 2.45) is 0 Å². The second kappa shape index (κ2) is 5.39. The Hall–Kier alpha value is -1.64. The number of hydrogen-bond donors (Lipinski definition) is 2. The van der Waals surface area contributed by atoms with Gasteiger partial charge >= 0.3 is 5.97 Å². The Morgan fingerprint density at radius 2 is 2.15 bits per heavy atom. The molecule has 2 N–H and O–H groups in total. The van der Waals surface area contributed by atoms with Crippen LogP contribution < -0.4 is 4.72 Å².